The summed E-state index contributed by atoms with van der Waals surface area (Å²) in [5.74, 6) is -0.696. The maximum absolute atomic E-state index is 11.7. The first-order valence-corrected chi connectivity index (χ1v) is 7.86. The third-order valence-corrected chi connectivity index (χ3v) is 4.71. The van der Waals surface area contributed by atoms with Gasteiger partial charge in [0.05, 0.1) is 6.61 Å². The van der Waals surface area contributed by atoms with Crippen LogP contribution in [0.1, 0.15) is 45.4 Å². The van der Waals surface area contributed by atoms with Crippen LogP contribution in [-0.2, 0) is 9.53 Å². The predicted molar refractivity (Wildman–Crippen MR) is 77.9 cm³/mol. The van der Waals surface area contributed by atoms with Crippen LogP contribution in [-0.4, -0.2) is 60.4 Å². The lowest BCUT2D eigenvalue weighted by molar-refractivity contribution is -0.145. The molecule has 0 aromatic rings. The number of hydrogen-bond acceptors (Lipinski definition) is 4. The van der Waals surface area contributed by atoms with Gasteiger partial charge in [-0.25, -0.2) is 0 Å². The van der Waals surface area contributed by atoms with E-state index in [1.54, 1.807) is 0 Å². The molecule has 2 fully saturated rings. The molecule has 5 nitrogen and oxygen atoms in total. The Kier molecular flexibility index (Phi) is 5.41. The van der Waals surface area contributed by atoms with Crippen LogP contribution in [0.4, 0.5) is 0 Å². The third-order valence-electron chi connectivity index (χ3n) is 4.71. The van der Waals surface area contributed by atoms with Crippen molar-refractivity contribution in [3.63, 3.8) is 0 Å². The molecule has 2 rings (SSSR count). The summed E-state index contributed by atoms with van der Waals surface area (Å²) < 4.78 is 5.40. The topological polar surface area (TPSA) is 61.8 Å². The molecule has 0 amide bonds. The second-order valence-electron chi connectivity index (χ2n) is 6.26. The van der Waals surface area contributed by atoms with Crippen molar-refractivity contribution < 1.29 is 14.6 Å². The maximum atomic E-state index is 11.7. The van der Waals surface area contributed by atoms with E-state index in [2.05, 4.69) is 17.3 Å². The highest BCUT2D eigenvalue weighted by Crippen LogP contribution is 2.27. The van der Waals surface area contributed by atoms with E-state index in [0.717, 1.165) is 45.4 Å². The zero-order chi connectivity index (χ0) is 14.6. The molecule has 20 heavy (non-hydrogen) atoms. The van der Waals surface area contributed by atoms with Crippen LogP contribution in [0, 0.1) is 0 Å². The summed E-state index contributed by atoms with van der Waals surface area (Å²) in [6.07, 6.45) is 5.59. The molecule has 5 heteroatoms. The van der Waals surface area contributed by atoms with E-state index < -0.39 is 11.5 Å². The van der Waals surface area contributed by atoms with Gasteiger partial charge in [-0.1, -0.05) is 6.92 Å². The second-order valence-corrected chi connectivity index (χ2v) is 6.26. The smallest absolute Gasteiger partial charge is 0.323 e. The van der Waals surface area contributed by atoms with Gasteiger partial charge in [0.25, 0.3) is 0 Å². The van der Waals surface area contributed by atoms with Crippen LogP contribution in [0.25, 0.3) is 0 Å². The molecule has 0 aromatic carbocycles. The molecule has 2 N–H and O–H groups in total. The Labute approximate surface area is 121 Å². The highest BCUT2D eigenvalue weighted by molar-refractivity contribution is 5.78. The molecule has 116 valence electrons. The Morgan fingerprint density at radius 3 is 2.70 bits per heavy atom. The van der Waals surface area contributed by atoms with Crippen LogP contribution in [0.5, 0.6) is 0 Å². The van der Waals surface area contributed by atoms with E-state index in [0.29, 0.717) is 24.9 Å². The fourth-order valence-corrected chi connectivity index (χ4v) is 2.97. The molecule has 0 radical (unpaired) electrons. The summed E-state index contributed by atoms with van der Waals surface area (Å²) >= 11 is 0. The van der Waals surface area contributed by atoms with Gasteiger partial charge in [-0.3, -0.25) is 10.1 Å². The standard InChI is InChI=1S/C15H28N2O3/c1-3-15(14(18)19,16-12-5-6-12)8-4-9-17(2)13-7-10-20-11-13/h12-13,16H,3-11H2,1-2H3,(H,18,19). The van der Waals surface area contributed by atoms with E-state index in [1.807, 2.05) is 6.92 Å². The van der Waals surface area contributed by atoms with E-state index in [1.165, 1.54) is 0 Å². The number of carboxylic acid groups (broad SMARTS) is 1. The highest BCUT2D eigenvalue weighted by Gasteiger charge is 2.40. The van der Waals surface area contributed by atoms with Crippen molar-refractivity contribution in [2.24, 2.45) is 0 Å². The van der Waals surface area contributed by atoms with E-state index in [4.69, 9.17) is 4.74 Å². The first-order valence-electron chi connectivity index (χ1n) is 7.86. The Morgan fingerprint density at radius 1 is 1.45 bits per heavy atom. The molecule has 1 aliphatic carbocycles. The van der Waals surface area contributed by atoms with Crippen molar-refractivity contribution in [2.75, 3.05) is 26.8 Å². The second kappa shape index (κ2) is 6.87. The van der Waals surface area contributed by atoms with Crippen molar-refractivity contribution in [1.29, 1.82) is 0 Å². The number of rotatable bonds is 9. The lowest BCUT2D eigenvalue weighted by atomic mass is 9.90. The SMILES string of the molecule is CCC(CCCN(C)C1CCOC1)(NC1CC1)C(=O)O. The van der Waals surface area contributed by atoms with Crippen molar-refractivity contribution in [3.8, 4) is 0 Å². The predicted octanol–water partition coefficient (Wildman–Crippen LogP) is 1.47. The molecule has 1 aliphatic heterocycles. The van der Waals surface area contributed by atoms with Crippen molar-refractivity contribution in [1.82, 2.24) is 10.2 Å². The minimum atomic E-state index is -0.728. The molecule has 0 bridgehead atoms. The van der Waals surface area contributed by atoms with E-state index in [-0.39, 0.29) is 0 Å². The van der Waals surface area contributed by atoms with Gasteiger partial charge in [-0.05, 0) is 52.1 Å². The number of nitrogens with one attached hydrogen (secondary N) is 1. The normalized spacial score (nSPS) is 25.9. The zero-order valence-electron chi connectivity index (χ0n) is 12.7. The molecule has 2 unspecified atom stereocenters. The van der Waals surface area contributed by atoms with Gasteiger partial charge < -0.3 is 14.7 Å². The Bertz CT molecular complexity index is 327. The molecule has 2 aliphatic rings. The molecule has 1 heterocycles. The summed E-state index contributed by atoms with van der Waals surface area (Å²) in [4.78, 5) is 14.0. The van der Waals surface area contributed by atoms with Crippen LogP contribution in [0.2, 0.25) is 0 Å². The summed E-state index contributed by atoms with van der Waals surface area (Å²) in [6, 6.07) is 0.930. The first-order chi connectivity index (χ1) is 9.57. The lowest BCUT2D eigenvalue weighted by Gasteiger charge is -2.31. The Morgan fingerprint density at radius 2 is 2.20 bits per heavy atom. The fraction of sp³-hybridized carbons (Fsp3) is 0.933. The molecule has 0 spiro atoms. The van der Waals surface area contributed by atoms with Crippen molar-refractivity contribution in [2.45, 2.75) is 63.1 Å². The largest absolute Gasteiger partial charge is 0.480 e. The minimum absolute atomic E-state index is 0.423. The summed E-state index contributed by atoms with van der Waals surface area (Å²) in [5.41, 5.74) is -0.728. The van der Waals surface area contributed by atoms with E-state index in [9.17, 15) is 9.90 Å². The van der Waals surface area contributed by atoms with E-state index >= 15 is 0 Å². The Balaban J connectivity index is 1.79. The summed E-state index contributed by atoms with van der Waals surface area (Å²) in [7, 11) is 2.11. The maximum Gasteiger partial charge on any atom is 0.323 e. The minimum Gasteiger partial charge on any atom is -0.480 e. The molecule has 1 saturated heterocycles. The fourth-order valence-electron chi connectivity index (χ4n) is 2.97. The van der Waals surface area contributed by atoms with Gasteiger partial charge in [0.2, 0.25) is 0 Å². The van der Waals surface area contributed by atoms with Crippen molar-refractivity contribution >= 4 is 5.97 Å². The first kappa shape index (κ1) is 15.7. The molecule has 2 atom stereocenters. The number of carboxylic acids is 1. The number of hydrogen-bond donors (Lipinski definition) is 2. The third kappa shape index (κ3) is 3.93. The van der Waals surface area contributed by atoms with Crippen molar-refractivity contribution in [3.05, 3.63) is 0 Å². The van der Waals surface area contributed by atoms with Gasteiger partial charge in [0.1, 0.15) is 5.54 Å². The van der Waals surface area contributed by atoms with Gasteiger partial charge >= 0.3 is 5.97 Å². The van der Waals surface area contributed by atoms with Crippen LogP contribution in [0.15, 0.2) is 0 Å². The zero-order valence-corrected chi connectivity index (χ0v) is 12.7. The number of likely N-dealkylation sites (N-methyl/N-ethyl adjacent to an activating group) is 1. The number of nitrogens with zero attached hydrogens (tertiary/aromatic N) is 1. The molecule has 1 saturated carbocycles. The van der Waals surface area contributed by atoms with Gasteiger partial charge in [-0.15, -0.1) is 0 Å². The van der Waals surface area contributed by atoms with Crippen LogP contribution < -0.4 is 5.32 Å². The molecule has 0 aromatic heterocycles. The molecular weight excluding hydrogens is 256 g/mol. The van der Waals surface area contributed by atoms with Crippen LogP contribution >= 0.6 is 0 Å². The average molecular weight is 284 g/mol. The summed E-state index contributed by atoms with van der Waals surface area (Å²) in [5, 5.41) is 12.9. The molecular formula is C15H28N2O3. The van der Waals surface area contributed by atoms with Gasteiger partial charge in [0, 0.05) is 18.7 Å². The summed E-state index contributed by atoms with van der Waals surface area (Å²) in [6.45, 7) is 4.58. The average Bonchev–Trinajstić information content (AvgIpc) is 3.06. The van der Waals surface area contributed by atoms with Crippen LogP contribution in [0.3, 0.4) is 0 Å². The quantitative estimate of drug-likeness (QED) is 0.671. The van der Waals surface area contributed by atoms with Gasteiger partial charge in [0.15, 0.2) is 0 Å². The lowest BCUT2D eigenvalue weighted by Crippen LogP contribution is -2.53. The monoisotopic (exact) mass is 284 g/mol. The van der Waals surface area contributed by atoms with Gasteiger partial charge in [-0.2, -0.15) is 0 Å². The number of aliphatic carboxylic acids is 1. The number of carbonyl (C=O) groups is 1. The number of ether oxygens (including phenoxy) is 1. The Hall–Kier alpha value is -0.650. The highest BCUT2D eigenvalue weighted by atomic mass is 16.5.